The van der Waals surface area contributed by atoms with Crippen molar-refractivity contribution in [2.75, 3.05) is 18.0 Å². The number of carbonyl (C=O) groups is 1. The zero-order valence-electron chi connectivity index (χ0n) is 9.29. The number of nitro groups is 1. The minimum Gasteiger partial charge on any atom is -0.480 e. The van der Waals surface area contributed by atoms with E-state index in [0.717, 1.165) is 18.3 Å². The molecule has 1 heterocycles. The third-order valence-corrected chi connectivity index (χ3v) is 1.96. The van der Waals surface area contributed by atoms with Crippen LogP contribution < -0.4 is 4.90 Å². The third-order valence-electron chi connectivity index (χ3n) is 1.96. The van der Waals surface area contributed by atoms with Gasteiger partial charge in [0, 0.05) is 6.07 Å². The number of hydrogen-bond donors (Lipinski definition) is 1. The van der Waals surface area contributed by atoms with Gasteiger partial charge in [-0.15, -0.1) is 0 Å². The van der Waals surface area contributed by atoms with E-state index in [-0.39, 0.29) is 5.82 Å². The summed E-state index contributed by atoms with van der Waals surface area (Å²) in [5.41, 5.74) is -0.397. The van der Waals surface area contributed by atoms with Crippen molar-refractivity contribution in [2.24, 2.45) is 0 Å². The second-order valence-corrected chi connectivity index (χ2v) is 3.50. The molecule has 0 aliphatic heterocycles. The zero-order valence-corrected chi connectivity index (χ0v) is 9.29. The highest BCUT2D eigenvalue weighted by Crippen LogP contribution is 2.21. The molecule has 19 heavy (non-hydrogen) atoms. The van der Waals surface area contributed by atoms with Gasteiger partial charge in [0.2, 0.25) is 0 Å². The maximum Gasteiger partial charge on any atom is 0.405 e. The predicted molar refractivity (Wildman–Crippen MR) is 56.8 cm³/mol. The molecule has 0 radical (unpaired) electrons. The number of carboxylic acid groups (broad SMARTS) is 1. The van der Waals surface area contributed by atoms with Crippen LogP contribution in [0.1, 0.15) is 0 Å². The van der Waals surface area contributed by atoms with Crippen molar-refractivity contribution in [1.82, 2.24) is 4.98 Å². The fourth-order valence-electron chi connectivity index (χ4n) is 1.27. The highest BCUT2D eigenvalue weighted by atomic mass is 19.4. The standard InChI is InChI=1S/C9H8F3N3O4/c10-9(11,12)5-14(4-8(16)17)7-2-1-6(3-13-7)15(18)19/h1-3H,4-5H2,(H,16,17). The fourth-order valence-corrected chi connectivity index (χ4v) is 1.27. The second-order valence-electron chi connectivity index (χ2n) is 3.50. The van der Waals surface area contributed by atoms with E-state index >= 15 is 0 Å². The van der Waals surface area contributed by atoms with E-state index in [4.69, 9.17) is 5.11 Å². The Kier molecular flexibility index (Phi) is 4.25. The summed E-state index contributed by atoms with van der Waals surface area (Å²) in [6.07, 6.45) is -3.85. The number of aliphatic carboxylic acids is 1. The lowest BCUT2D eigenvalue weighted by Gasteiger charge is -2.22. The minimum absolute atomic E-state index is 0.301. The van der Waals surface area contributed by atoms with Gasteiger partial charge >= 0.3 is 12.1 Å². The Morgan fingerprint density at radius 3 is 2.47 bits per heavy atom. The molecule has 0 fully saturated rings. The molecule has 7 nitrogen and oxygen atoms in total. The van der Waals surface area contributed by atoms with E-state index in [2.05, 4.69) is 4.98 Å². The molecular formula is C9H8F3N3O4. The first-order valence-corrected chi connectivity index (χ1v) is 4.83. The van der Waals surface area contributed by atoms with Crippen LogP contribution in [-0.4, -0.2) is 40.2 Å². The van der Waals surface area contributed by atoms with Crippen molar-refractivity contribution in [3.8, 4) is 0 Å². The molecule has 1 aromatic heterocycles. The van der Waals surface area contributed by atoms with E-state index in [1.165, 1.54) is 0 Å². The van der Waals surface area contributed by atoms with Gasteiger partial charge in [-0.25, -0.2) is 4.98 Å². The number of halogens is 3. The van der Waals surface area contributed by atoms with Gasteiger partial charge in [-0.1, -0.05) is 0 Å². The molecule has 1 aromatic rings. The second kappa shape index (κ2) is 5.50. The molecule has 0 aliphatic rings. The smallest absolute Gasteiger partial charge is 0.405 e. The van der Waals surface area contributed by atoms with Crippen molar-refractivity contribution in [3.63, 3.8) is 0 Å². The Labute approximate surface area is 104 Å². The molecule has 104 valence electrons. The van der Waals surface area contributed by atoms with E-state index in [1.807, 2.05) is 0 Å². The number of nitrogens with zero attached hydrogens (tertiary/aromatic N) is 3. The van der Waals surface area contributed by atoms with E-state index in [9.17, 15) is 28.1 Å². The molecule has 0 atom stereocenters. The number of pyridine rings is 1. The average molecular weight is 279 g/mol. The van der Waals surface area contributed by atoms with E-state index in [1.54, 1.807) is 0 Å². The van der Waals surface area contributed by atoms with Gasteiger partial charge in [0.1, 0.15) is 25.1 Å². The normalized spacial score (nSPS) is 11.1. The molecule has 0 aliphatic carbocycles. The first-order valence-electron chi connectivity index (χ1n) is 4.83. The molecule has 10 heteroatoms. The van der Waals surface area contributed by atoms with Gasteiger partial charge in [0.05, 0.1) is 4.92 Å². The molecule has 0 saturated carbocycles. The van der Waals surface area contributed by atoms with Crippen LogP contribution in [0, 0.1) is 10.1 Å². The average Bonchev–Trinajstić information content (AvgIpc) is 2.25. The van der Waals surface area contributed by atoms with Crippen molar-refractivity contribution in [1.29, 1.82) is 0 Å². The summed E-state index contributed by atoms with van der Waals surface area (Å²) in [5.74, 6) is -1.77. The first kappa shape index (κ1) is 14.7. The zero-order chi connectivity index (χ0) is 14.6. The molecule has 0 aromatic carbocycles. The summed E-state index contributed by atoms with van der Waals surface area (Å²) in [4.78, 5) is 24.0. The predicted octanol–water partition coefficient (Wildman–Crippen LogP) is 1.44. The summed E-state index contributed by atoms with van der Waals surface area (Å²) < 4.78 is 36.8. The molecule has 0 bridgehead atoms. The van der Waals surface area contributed by atoms with Crippen LogP contribution in [0.25, 0.3) is 0 Å². The maximum absolute atomic E-state index is 12.3. The molecule has 1 N–H and O–H groups in total. The van der Waals surface area contributed by atoms with Gasteiger partial charge in [-0.3, -0.25) is 14.9 Å². The lowest BCUT2D eigenvalue weighted by molar-refractivity contribution is -0.385. The fraction of sp³-hybridized carbons (Fsp3) is 0.333. The highest BCUT2D eigenvalue weighted by molar-refractivity contribution is 5.73. The number of aromatic nitrogens is 1. The summed E-state index contributed by atoms with van der Waals surface area (Å²) in [5, 5.41) is 18.9. The van der Waals surface area contributed by atoms with Crippen LogP contribution in [0.15, 0.2) is 18.3 Å². The van der Waals surface area contributed by atoms with Crippen LogP contribution >= 0.6 is 0 Å². The van der Waals surface area contributed by atoms with Crippen molar-refractivity contribution < 1.29 is 28.0 Å². The van der Waals surface area contributed by atoms with Crippen LogP contribution in [0.3, 0.4) is 0 Å². The summed E-state index contributed by atoms with van der Waals surface area (Å²) in [6, 6.07) is 1.92. The van der Waals surface area contributed by atoms with Crippen LogP contribution in [0.2, 0.25) is 0 Å². The number of carboxylic acids is 1. The van der Waals surface area contributed by atoms with Crippen molar-refractivity contribution in [2.45, 2.75) is 6.18 Å². The molecular weight excluding hydrogens is 271 g/mol. The van der Waals surface area contributed by atoms with Crippen LogP contribution in [-0.2, 0) is 4.79 Å². The van der Waals surface area contributed by atoms with E-state index < -0.39 is 35.8 Å². The first-order chi connectivity index (χ1) is 8.69. The molecule has 0 unspecified atom stereocenters. The van der Waals surface area contributed by atoms with Crippen molar-refractivity contribution >= 4 is 17.5 Å². The monoisotopic (exact) mass is 279 g/mol. The molecule has 1 rings (SSSR count). The maximum atomic E-state index is 12.3. The van der Waals surface area contributed by atoms with Crippen LogP contribution in [0.5, 0.6) is 0 Å². The van der Waals surface area contributed by atoms with Gasteiger partial charge in [-0.2, -0.15) is 13.2 Å². The Hall–Kier alpha value is -2.39. The van der Waals surface area contributed by atoms with Crippen molar-refractivity contribution in [3.05, 3.63) is 28.4 Å². The summed E-state index contributed by atoms with van der Waals surface area (Å²) in [7, 11) is 0. The van der Waals surface area contributed by atoms with Gasteiger partial charge in [0.25, 0.3) is 5.69 Å². The number of alkyl halides is 3. The Balaban J connectivity index is 2.96. The SMILES string of the molecule is O=C(O)CN(CC(F)(F)F)c1ccc([N+](=O)[O-])cn1. The van der Waals surface area contributed by atoms with E-state index in [0.29, 0.717) is 4.90 Å². The summed E-state index contributed by atoms with van der Waals surface area (Å²) >= 11 is 0. The van der Waals surface area contributed by atoms with Gasteiger partial charge in [0.15, 0.2) is 0 Å². The highest BCUT2D eigenvalue weighted by Gasteiger charge is 2.32. The largest absolute Gasteiger partial charge is 0.480 e. The number of hydrogen-bond acceptors (Lipinski definition) is 5. The van der Waals surface area contributed by atoms with Gasteiger partial charge < -0.3 is 10.0 Å². The van der Waals surface area contributed by atoms with Crippen LogP contribution in [0.4, 0.5) is 24.7 Å². The third kappa shape index (κ3) is 4.77. The van der Waals surface area contributed by atoms with Gasteiger partial charge in [-0.05, 0) is 6.07 Å². The molecule has 0 spiro atoms. The topological polar surface area (TPSA) is 96.6 Å². The minimum atomic E-state index is -4.61. The number of anilines is 1. The lowest BCUT2D eigenvalue weighted by Crippen LogP contribution is -2.38. The molecule has 0 amide bonds. The Morgan fingerprint density at radius 1 is 1.47 bits per heavy atom. The number of rotatable bonds is 5. The molecule has 0 saturated heterocycles. The Bertz CT molecular complexity index is 475. The summed E-state index contributed by atoms with van der Waals surface area (Å²) in [6.45, 7) is -2.42. The lowest BCUT2D eigenvalue weighted by atomic mass is 10.3. The Morgan fingerprint density at radius 2 is 2.11 bits per heavy atom. The quantitative estimate of drug-likeness (QED) is 0.647.